The van der Waals surface area contributed by atoms with Crippen LogP contribution in [0, 0.1) is 0 Å². The Bertz CT molecular complexity index is 1480. The summed E-state index contributed by atoms with van der Waals surface area (Å²) in [5.41, 5.74) is 3.95. The van der Waals surface area contributed by atoms with E-state index in [1.165, 1.54) is 0 Å². The standard InChI is InChI=1S/C29H34N6O5/c1-36-22-11-8-18(16-24(22)38-3)26-25-27(34-33-26)31-29(32-28(25)40-20-6-4-5-7-20)30-21-10-9-19(17-23(21)37-2)35-12-14-39-15-13-35/h8-11,16-17,20H,4-7,12-15H2,1-3H3,(H2,30,31,32,33,34). The first kappa shape index (κ1) is 26.0. The van der Waals surface area contributed by atoms with Gasteiger partial charge < -0.3 is 33.9 Å². The second-order valence-electron chi connectivity index (χ2n) is 9.85. The third kappa shape index (κ3) is 5.16. The molecule has 2 aliphatic rings. The van der Waals surface area contributed by atoms with Crippen LogP contribution in [-0.4, -0.2) is 73.9 Å². The van der Waals surface area contributed by atoms with Gasteiger partial charge in [-0.05, 0) is 56.0 Å². The first-order chi connectivity index (χ1) is 19.7. The second-order valence-corrected chi connectivity index (χ2v) is 9.85. The molecule has 2 aromatic carbocycles. The lowest BCUT2D eigenvalue weighted by molar-refractivity contribution is 0.122. The number of hydrogen-bond donors (Lipinski definition) is 2. The minimum atomic E-state index is 0.0986. The van der Waals surface area contributed by atoms with Gasteiger partial charge in [0.05, 0.1) is 45.9 Å². The van der Waals surface area contributed by atoms with E-state index in [1.807, 2.05) is 30.3 Å². The third-order valence-electron chi connectivity index (χ3n) is 7.44. The number of ether oxygens (including phenoxy) is 5. The molecule has 3 heterocycles. The maximum atomic E-state index is 6.49. The molecule has 11 nitrogen and oxygen atoms in total. The van der Waals surface area contributed by atoms with Crippen molar-refractivity contribution in [2.45, 2.75) is 31.8 Å². The molecule has 1 aliphatic heterocycles. The van der Waals surface area contributed by atoms with Gasteiger partial charge in [0.2, 0.25) is 11.8 Å². The van der Waals surface area contributed by atoms with Crippen LogP contribution in [0.5, 0.6) is 23.1 Å². The van der Waals surface area contributed by atoms with E-state index in [9.17, 15) is 0 Å². The van der Waals surface area contributed by atoms with Gasteiger partial charge in [-0.15, -0.1) is 0 Å². The van der Waals surface area contributed by atoms with E-state index in [0.717, 1.165) is 80.0 Å². The number of fused-ring (bicyclic) bond motifs is 1. The van der Waals surface area contributed by atoms with Crippen LogP contribution in [0.1, 0.15) is 25.7 Å². The number of rotatable bonds is 9. The molecule has 1 saturated heterocycles. The SMILES string of the molecule is COc1cc(N2CCOCC2)ccc1Nc1nc(OC2CCCC2)c2c(-c3ccc(OC)c(OC)c3)[nH]nc2n1. The molecule has 4 aromatic rings. The van der Waals surface area contributed by atoms with Crippen LogP contribution in [0.25, 0.3) is 22.3 Å². The Morgan fingerprint density at radius 2 is 1.68 bits per heavy atom. The zero-order valence-corrected chi connectivity index (χ0v) is 23.0. The zero-order valence-electron chi connectivity index (χ0n) is 23.0. The largest absolute Gasteiger partial charge is 0.494 e. The summed E-state index contributed by atoms with van der Waals surface area (Å²) in [5, 5.41) is 11.7. The minimum absolute atomic E-state index is 0.0986. The zero-order chi connectivity index (χ0) is 27.5. The predicted molar refractivity (Wildman–Crippen MR) is 152 cm³/mol. The van der Waals surface area contributed by atoms with E-state index >= 15 is 0 Å². The highest BCUT2D eigenvalue weighted by Gasteiger charge is 2.24. The maximum absolute atomic E-state index is 6.49. The first-order valence-electron chi connectivity index (χ1n) is 13.6. The highest BCUT2D eigenvalue weighted by atomic mass is 16.5. The summed E-state index contributed by atoms with van der Waals surface area (Å²) < 4.78 is 28.6. The summed E-state index contributed by atoms with van der Waals surface area (Å²) in [6.45, 7) is 3.13. The van der Waals surface area contributed by atoms with Crippen LogP contribution in [0.2, 0.25) is 0 Å². The van der Waals surface area contributed by atoms with Crippen molar-refractivity contribution in [3.05, 3.63) is 36.4 Å². The number of nitrogens with one attached hydrogen (secondary N) is 2. The predicted octanol–water partition coefficient (Wildman–Crippen LogP) is 4.95. The Labute approximate surface area is 232 Å². The molecule has 2 N–H and O–H groups in total. The lowest BCUT2D eigenvalue weighted by atomic mass is 10.1. The fraction of sp³-hybridized carbons (Fsp3) is 0.414. The fourth-order valence-corrected chi connectivity index (χ4v) is 5.32. The molecule has 0 amide bonds. The molecule has 1 aliphatic carbocycles. The van der Waals surface area contributed by atoms with Gasteiger partial charge in [0, 0.05) is 30.4 Å². The normalized spacial score (nSPS) is 15.8. The van der Waals surface area contributed by atoms with Crippen LogP contribution in [0.4, 0.5) is 17.3 Å². The molecular formula is C29H34N6O5. The highest BCUT2D eigenvalue weighted by Crippen LogP contribution is 2.39. The third-order valence-corrected chi connectivity index (χ3v) is 7.44. The number of hydrogen-bond acceptors (Lipinski definition) is 10. The number of benzene rings is 2. The molecule has 0 atom stereocenters. The van der Waals surface area contributed by atoms with Gasteiger partial charge in [-0.3, -0.25) is 5.10 Å². The number of anilines is 3. The Morgan fingerprint density at radius 3 is 2.42 bits per heavy atom. The fourth-order valence-electron chi connectivity index (χ4n) is 5.32. The van der Waals surface area contributed by atoms with Crippen molar-refractivity contribution < 1.29 is 23.7 Å². The Balaban J connectivity index is 1.37. The van der Waals surface area contributed by atoms with Gasteiger partial charge in [-0.1, -0.05) is 0 Å². The lowest BCUT2D eigenvalue weighted by Crippen LogP contribution is -2.36. The summed E-state index contributed by atoms with van der Waals surface area (Å²) in [7, 11) is 4.89. The van der Waals surface area contributed by atoms with E-state index in [1.54, 1.807) is 21.3 Å². The topological polar surface area (TPSA) is 116 Å². The van der Waals surface area contributed by atoms with Gasteiger partial charge >= 0.3 is 0 Å². The molecule has 0 spiro atoms. The molecule has 6 rings (SSSR count). The smallest absolute Gasteiger partial charge is 0.232 e. The van der Waals surface area contributed by atoms with Crippen molar-refractivity contribution in [2.24, 2.45) is 0 Å². The van der Waals surface area contributed by atoms with Crippen molar-refractivity contribution in [1.29, 1.82) is 0 Å². The molecule has 0 radical (unpaired) electrons. The summed E-state index contributed by atoms with van der Waals surface area (Å²) >= 11 is 0. The molecule has 2 aromatic heterocycles. The van der Waals surface area contributed by atoms with E-state index in [0.29, 0.717) is 34.7 Å². The van der Waals surface area contributed by atoms with E-state index in [4.69, 9.17) is 33.7 Å². The van der Waals surface area contributed by atoms with Gasteiger partial charge in [0.1, 0.15) is 17.2 Å². The first-order valence-corrected chi connectivity index (χ1v) is 13.6. The Hall–Kier alpha value is -4.25. The summed E-state index contributed by atoms with van der Waals surface area (Å²) in [6, 6.07) is 11.8. The molecule has 210 valence electrons. The number of morpholine rings is 1. The minimum Gasteiger partial charge on any atom is -0.494 e. The number of H-pyrrole nitrogens is 1. The monoisotopic (exact) mass is 546 g/mol. The van der Waals surface area contributed by atoms with Crippen LogP contribution < -0.4 is 29.2 Å². The molecule has 0 bridgehead atoms. The maximum Gasteiger partial charge on any atom is 0.232 e. The number of methoxy groups -OCH3 is 3. The quantitative estimate of drug-likeness (QED) is 0.299. The van der Waals surface area contributed by atoms with E-state index in [2.05, 4.69) is 26.5 Å². The molecule has 0 unspecified atom stereocenters. The van der Waals surface area contributed by atoms with Crippen molar-refractivity contribution in [1.82, 2.24) is 20.2 Å². The molecular weight excluding hydrogens is 512 g/mol. The van der Waals surface area contributed by atoms with Gasteiger partial charge in [0.25, 0.3) is 0 Å². The van der Waals surface area contributed by atoms with Crippen molar-refractivity contribution in [3.63, 3.8) is 0 Å². The number of aromatic nitrogens is 4. The highest BCUT2D eigenvalue weighted by molar-refractivity contribution is 5.95. The molecule has 40 heavy (non-hydrogen) atoms. The van der Waals surface area contributed by atoms with Gasteiger partial charge in [-0.25, -0.2) is 0 Å². The Morgan fingerprint density at radius 1 is 0.900 bits per heavy atom. The number of nitrogens with zero attached hydrogens (tertiary/aromatic N) is 4. The lowest BCUT2D eigenvalue weighted by Gasteiger charge is -2.29. The van der Waals surface area contributed by atoms with Crippen LogP contribution in [0.3, 0.4) is 0 Å². The average Bonchev–Trinajstić information content (AvgIpc) is 3.68. The molecule has 2 fully saturated rings. The van der Waals surface area contributed by atoms with E-state index in [-0.39, 0.29) is 6.10 Å². The van der Waals surface area contributed by atoms with Crippen molar-refractivity contribution in [2.75, 3.05) is 57.8 Å². The van der Waals surface area contributed by atoms with Crippen LogP contribution in [0.15, 0.2) is 36.4 Å². The molecule has 1 saturated carbocycles. The van der Waals surface area contributed by atoms with Crippen LogP contribution >= 0.6 is 0 Å². The molecule has 11 heteroatoms. The van der Waals surface area contributed by atoms with Crippen molar-refractivity contribution in [3.8, 4) is 34.4 Å². The van der Waals surface area contributed by atoms with Crippen molar-refractivity contribution >= 4 is 28.4 Å². The second kappa shape index (κ2) is 11.5. The van der Waals surface area contributed by atoms with Crippen LogP contribution in [-0.2, 0) is 4.74 Å². The van der Waals surface area contributed by atoms with Gasteiger partial charge in [0.15, 0.2) is 17.1 Å². The summed E-state index contributed by atoms with van der Waals surface area (Å²) in [4.78, 5) is 11.9. The van der Waals surface area contributed by atoms with E-state index < -0.39 is 0 Å². The Kier molecular flexibility index (Phi) is 7.45. The average molecular weight is 547 g/mol. The number of aromatic amines is 1. The summed E-state index contributed by atoms with van der Waals surface area (Å²) in [5.74, 6) is 2.82. The van der Waals surface area contributed by atoms with Gasteiger partial charge in [-0.2, -0.15) is 15.1 Å². The summed E-state index contributed by atoms with van der Waals surface area (Å²) in [6.07, 6.45) is 4.37.